The van der Waals surface area contributed by atoms with Gasteiger partial charge in [0.05, 0.1) is 6.20 Å². The molecule has 2 N–H and O–H groups in total. The first-order chi connectivity index (χ1) is 8.70. The monoisotopic (exact) mass is 263 g/mol. The Kier molecular flexibility index (Phi) is 3.94. The van der Waals surface area contributed by atoms with Crippen LogP contribution in [0.4, 0.5) is 11.8 Å². The van der Waals surface area contributed by atoms with E-state index in [0.717, 1.165) is 5.56 Å². The fourth-order valence-electron chi connectivity index (χ4n) is 1.47. The average Bonchev–Trinajstić information content (AvgIpc) is 2.39. The van der Waals surface area contributed by atoms with Crippen LogP contribution in [0, 0.1) is 6.92 Å². The van der Waals surface area contributed by atoms with Crippen molar-refractivity contribution >= 4 is 23.4 Å². The number of anilines is 2. The predicted molar refractivity (Wildman–Crippen MR) is 72.9 cm³/mol. The maximum Gasteiger partial charge on any atom is 0.224 e. The van der Waals surface area contributed by atoms with E-state index in [1.165, 1.54) is 5.56 Å². The lowest BCUT2D eigenvalue weighted by Gasteiger charge is -2.09. The third kappa shape index (κ3) is 2.87. The molecule has 0 bridgehead atoms. The minimum atomic E-state index is 0.496. The molecule has 0 atom stereocenters. The fraction of sp³-hybridized carbons (Fsp3) is 0.250. The van der Waals surface area contributed by atoms with Gasteiger partial charge in [0.25, 0.3) is 0 Å². The Balaban J connectivity index is 2.13. The van der Waals surface area contributed by atoms with Crippen LogP contribution in [-0.4, -0.2) is 22.0 Å². The summed E-state index contributed by atoms with van der Waals surface area (Å²) in [5.41, 5.74) is 2.29. The number of aryl methyl sites for hydroxylation is 1. The van der Waals surface area contributed by atoms with Gasteiger partial charge in [-0.25, -0.2) is 4.98 Å². The summed E-state index contributed by atoms with van der Waals surface area (Å²) in [6, 6.07) is 1.97. The van der Waals surface area contributed by atoms with E-state index in [9.17, 15) is 0 Å². The highest BCUT2D eigenvalue weighted by Crippen LogP contribution is 2.20. The Hall–Kier alpha value is -1.88. The molecule has 0 aliphatic heterocycles. The van der Waals surface area contributed by atoms with Crippen molar-refractivity contribution in [2.24, 2.45) is 0 Å². The Morgan fingerprint density at radius 1 is 1.33 bits per heavy atom. The van der Waals surface area contributed by atoms with Crippen molar-refractivity contribution in [3.8, 4) is 0 Å². The second-order valence-electron chi connectivity index (χ2n) is 3.80. The fourth-order valence-corrected chi connectivity index (χ4v) is 1.63. The summed E-state index contributed by atoms with van der Waals surface area (Å²) in [7, 11) is 1.76. The van der Waals surface area contributed by atoms with Crippen molar-refractivity contribution in [1.29, 1.82) is 0 Å². The molecular formula is C12H14ClN5. The molecule has 0 aliphatic carbocycles. The molecule has 0 fully saturated rings. The van der Waals surface area contributed by atoms with E-state index in [1.807, 2.05) is 19.2 Å². The number of pyridine rings is 1. The van der Waals surface area contributed by atoms with Gasteiger partial charge >= 0.3 is 0 Å². The second-order valence-corrected chi connectivity index (χ2v) is 4.20. The topological polar surface area (TPSA) is 62.7 Å². The summed E-state index contributed by atoms with van der Waals surface area (Å²) in [5, 5.41) is 6.55. The van der Waals surface area contributed by atoms with Crippen LogP contribution in [0.3, 0.4) is 0 Å². The second kappa shape index (κ2) is 5.64. The van der Waals surface area contributed by atoms with Crippen LogP contribution in [0.5, 0.6) is 0 Å². The first-order valence-electron chi connectivity index (χ1n) is 5.54. The zero-order valence-corrected chi connectivity index (χ0v) is 11.0. The number of hydrogen-bond donors (Lipinski definition) is 2. The highest BCUT2D eigenvalue weighted by Gasteiger charge is 2.05. The molecule has 2 rings (SSSR count). The lowest BCUT2D eigenvalue weighted by atomic mass is 10.1. The number of rotatable bonds is 4. The summed E-state index contributed by atoms with van der Waals surface area (Å²) in [4.78, 5) is 12.4. The van der Waals surface area contributed by atoms with E-state index in [0.29, 0.717) is 23.3 Å². The van der Waals surface area contributed by atoms with E-state index in [4.69, 9.17) is 11.6 Å². The summed E-state index contributed by atoms with van der Waals surface area (Å²) >= 11 is 6.03. The molecule has 0 saturated carbocycles. The zero-order chi connectivity index (χ0) is 13.0. The molecule has 2 aromatic rings. The van der Waals surface area contributed by atoms with Crippen LogP contribution in [0.25, 0.3) is 0 Å². The number of aromatic nitrogens is 3. The molecule has 6 heteroatoms. The van der Waals surface area contributed by atoms with Gasteiger partial charge in [-0.05, 0) is 24.1 Å². The molecule has 18 heavy (non-hydrogen) atoms. The molecule has 0 radical (unpaired) electrons. The lowest BCUT2D eigenvalue weighted by molar-refractivity contribution is 1.05. The largest absolute Gasteiger partial charge is 0.365 e. The Bertz CT molecular complexity index is 544. The molecule has 0 saturated heterocycles. The van der Waals surface area contributed by atoms with Crippen molar-refractivity contribution in [2.75, 3.05) is 17.7 Å². The summed E-state index contributed by atoms with van der Waals surface area (Å²) < 4.78 is 0. The Labute approximate surface area is 111 Å². The maximum atomic E-state index is 6.03. The average molecular weight is 264 g/mol. The Morgan fingerprint density at radius 2 is 2.17 bits per heavy atom. The van der Waals surface area contributed by atoms with Crippen LogP contribution in [0.15, 0.2) is 24.7 Å². The third-order valence-corrected chi connectivity index (χ3v) is 2.84. The van der Waals surface area contributed by atoms with E-state index in [2.05, 4.69) is 25.6 Å². The molecule has 0 unspecified atom stereocenters. The molecule has 5 nitrogen and oxygen atoms in total. The molecule has 2 heterocycles. The van der Waals surface area contributed by atoms with Gasteiger partial charge < -0.3 is 10.6 Å². The van der Waals surface area contributed by atoms with Gasteiger partial charge in [0.2, 0.25) is 5.95 Å². The molecule has 94 valence electrons. The third-order valence-electron chi connectivity index (χ3n) is 2.56. The highest BCUT2D eigenvalue weighted by molar-refractivity contribution is 6.32. The smallest absolute Gasteiger partial charge is 0.224 e. The first kappa shape index (κ1) is 12.6. The van der Waals surface area contributed by atoms with Gasteiger partial charge in [-0.2, -0.15) is 4.98 Å². The highest BCUT2D eigenvalue weighted by atomic mass is 35.5. The molecule has 0 aromatic carbocycles. The SMILES string of the molecule is CNc1ncc(Cl)c(NCc2cnccc2C)n1. The van der Waals surface area contributed by atoms with Crippen LogP contribution >= 0.6 is 11.6 Å². The van der Waals surface area contributed by atoms with E-state index in [1.54, 1.807) is 19.4 Å². The van der Waals surface area contributed by atoms with Gasteiger partial charge in [0, 0.05) is 26.0 Å². The quantitative estimate of drug-likeness (QED) is 0.887. The summed E-state index contributed by atoms with van der Waals surface area (Å²) in [5.74, 6) is 1.14. The Morgan fingerprint density at radius 3 is 2.89 bits per heavy atom. The van der Waals surface area contributed by atoms with Gasteiger partial charge in [-0.1, -0.05) is 11.6 Å². The molecular weight excluding hydrogens is 250 g/mol. The van der Waals surface area contributed by atoms with E-state index in [-0.39, 0.29) is 0 Å². The molecule has 0 spiro atoms. The van der Waals surface area contributed by atoms with Gasteiger partial charge in [0.15, 0.2) is 5.82 Å². The van der Waals surface area contributed by atoms with Gasteiger partial charge in [-0.15, -0.1) is 0 Å². The minimum Gasteiger partial charge on any atom is -0.365 e. The number of nitrogens with zero attached hydrogens (tertiary/aromatic N) is 3. The lowest BCUT2D eigenvalue weighted by Crippen LogP contribution is -2.06. The van der Waals surface area contributed by atoms with Crippen LogP contribution in [-0.2, 0) is 6.54 Å². The summed E-state index contributed by atoms with van der Waals surface area (Å²) in [6.07, 6.45) is 5.17. The van der Waals surface area contributed by atoms with E-state index >= 15 is 0 Å². The number of hydrogen-bond acceptors (Lipinski definition) is 5. The number of halogens is 1. The number of nitrogens with one attached hydrogen (secondary N) is 2. The van der Waals surface area contributed by atoms with Crippen molar-refractivity contribution in [2.45, 2.75) is 13.5 Å². The van der Waals surface area contributed by atoms with Crippen LogP contribution in [0.2, 0.25) is 5.02 Å². The summed E-state index contributed by atoms with van der Waals surface area (Å²) in [6.45, 7) is 2.67. The first-order valence-corrected chi connectivity index (χ1v) is 5.92. The van der Waals surface area contributed by atoms with Crippen LogP contribution in [0.1, 0.15) is 11.1 Å². The minimum absolute atomic E-state index is 0.496. The van der Waals surface area contributed by atoms with Crippen molar-refractivity contribution < 1.29 is 0 Å². The molecule has 0 aliphatic rings. The van der Waals surface area contributed by atoms with Gasteiger partial charge in [-0.3, -0.25) is 4.98 Å². The van der Waals surface area contributed by atoms with Crippen molar-refractivity contribution in [3.05, 3.63) is 40.8 Å². The molecule has 2 aromatic heterocycles. The predicted octanol–water partition coefficient (Wildman–Crippen LogP) is 2.49. The normalized spacial score (nSPS) is 10.2. The van der Waals surface area contributed by atoms with Crippen molar-refractivity contribution in [3.63, 3.8) is 0 Å². The molecule has 0 amide bonds. The van der Waals surface area contributed by atoms with E-state index < -0.39 is 0 Å². The van der Waals surface area contributed by atoms with Crippen LogP contribution < -0.4 is 10.6 Å². The standard InChI is InChI=1S/C12H14ClN5/c1-8-3-4-15-5-9(8)6-16-11-10(13)7-17-12(14-2)18-11/h3-5,7H,6H2,1-2H3,(H2,14,16,17,18). The van der Waals surface area contributed by atoms with Crippen molar-refractivity contribution in [1.82, 2.24) is 15.0 Å². The van der Waals surface area contributed by atoms with Gasteiger partial charge in [0.1, 0.15) is 5.02 Å². The zero-order valence-electron chi connectivity index (χ0n) is 10.2. The maximum absolute atomic E-state index is 6.03.